The van der Waals surface area contributed by atoms with E-state index in [9.17, 15) is 4.79 Å². The van der Waals surface area contributed by atoms with Crippen LogP contribution in [0.25, 0.3) is 0 Å². The van der Waals surface area contributed by atoms with Crippen LogP contribution in [0.3, 0.4) is 0 Å². The van der Waals surface area contributed by atoms with Gasteiger partial charge >= 0.3 is 0 Å². The number of nitrogens with zero attached hydrogens (tertiary/aromatic N) is 1. The number of hydrogen-bond donors (Lipinski definition) is 1. The van der Waals surface area contributed by atoms with Gasteiger partial charge in [0, 0.05) is 11.6 Å². The standard InChI is InChI=1S/C20H25ClN2O3/c1-15-6-4-7-17(12-15)26-11-5-10-23(2)14-20(24)22-18-13-16(21)8-9-19(18)25-3/h4,6-9,12-13H,5,10-11,14H2,1-3H3,(H,22,24). The third-order valence-electron chi connectivity index (χ3n) is 3.79. The monoisotopic (exact) mass is 376 g/mol. The van der Waals surface area contributed by atoms with Gasteiger partial charge in [0.05, 0.1) is 25.9 Å². The van der Waals surface area contributed by atoms with Gasteiger partial charge in [-0.2, -0.15) is 0 Å². The summed E-state index contributed by atoms with van der Waals surface area (Å²) in [5.41, 5.74) is 1.74. The predicted molar refractivity (Wildman–Crippen MR) is 105 cm³/mol. The Balaban J connectivity index is 1.73. The van der Waals surface area contributed by atoms with Crippen LogP contribution in [0.2, 0.25) is 5.02 Å². The van der Waals surface area contributed by atoms with Crippen LogP contribution >= 0.6 is 11.6 Å². The zero-order valence-electron chi connectivity index (χ0n) is 15.4. The molecule has 0 aromatic heterocycles. The molecule has 0 bridgehead atoms. The van der Waals surface area contributed by atoms with Crippen LogP contribution in [0.1, 0.15) is 12.0 Å². The van der Waals surface area contributed by atoms with E-state index >= 15 is 0 Å². The second-order valence-electron chi connectivity index (χ2n) is 6.15. The summed E-state index contributed by atoms with van der Waals surface area (Å²) in [5.74, 6) is 1.34. The molecule has 0 aliphatic carbocycles. The number of likely N-dealkylation sites (N-methyl/N-ethyl adjacent to an activating group) is 1. The van der Waals surface area contributed by atoms with Crippen LogP contribution in [-0.4, -0.2) is 44.7 Å². The summed E-state index contributed by atoms with van der Waals surface area (Å²) >= 11 is 5.98. The molecule has 1 amide bonds. The molecule has 0 saturated heterocycles. The van der Waals surface area contributed by atoms with Crippen molar-refractivity contribution in [2.24, 2.45) is 0 Å². The molecular formula is C20H25ClN2O3. The average molecular weight is 377 g/mol. The molecule has 1 N–H and O–H groups in total. The Morgan fingerprint density at radius 2 is 2.04 bits per heavy atom. The van der Waals surface area contributed by atoms with Gasteiger partial charge in [-0.05, 0) is 56.3 Å². The number of nitrogens with one attached hydrogen (secondary N) is 1. The van der Waals surface area contributed by atoms with Crippen LogP contribution in [0.15, 0.2) is 42.5 Å². The number of benzene rings is 2. The molecular weight excluding hydrogens is 352 g/mol. The normalized spacial score (nSPS) is 10.7. The number of ether oxygens (including phenoxy) is 2. The smallest absolute Gasteiger partial charge is 0.238 e. The number of hydrogen-bond acceptors (Lipinski definition) is 4. The maximum absolute atomic E-state index is 12.2. The van der Waals surface area contributed by atoms with Gasteiger partial charge in [-0.3, -0.25) is 9.69 Å². The van der Waals surface area contributed by atoms with E-state index in [0.717, 1.165) is 18.7 Å². The predicted octanol–water partition coefficient (Wildman–Crippen LogP) is 4.00. The molecule has 0 radical (unpaired) electrons. The van der Waals surface area contributed by atoms with Crippen LogP contribution in [0.5, 0.6) is 11.5 Å². The van der Waals surface area contributed by atoms with Crippen molar-refractivity contribution in [1.29, 1.82) is 0 Å². The van der Waals surface area contributed by atoms with Gasteiger partial charge in [-0.1, -0.05) is 23.7 Å². The van der Waals surface area contributed by atoms with Gasteiger partial charge in [-0.25, -0.2) is 0 Å². The van der Waals surface area contributed by atoms with Gasteiger partial charge in [0.15, 0.2) is 0 Å². The molecule has 0 unspecified atom stereocenters. The first kappa shape index (κ1) is 20.1. The van der Waals surface area contributed by atoms with E-state index in [0.29, 0.717) is 23.1 Å². The highest BCUT2D eigenvalue weighted by molar-refractivity contribution is 6.31. The minimum Gasteiger partial charge on any atom is -0.495 e. The molecule has 26 heavy (non-hydrogen) atoms. The summed E-state index contributed by atoms with van der Waals surface area (Å²) in [6.07, 6.45) is 0.832. The molecule has 0 atom stereocenters. The third-order valence-corrected chi connectivity index (χ3v) is 4.03. The van der Waals surface area contributed by atoms with E-state index in [1.165, 1.54) is 5.56 Å². The second-order valence-corrected chi connectivity index (χ2v) is 6.59. The summed E-state index contributed by atoms with van der Waals surface area (Å²) in [6.45, 7) is 3.68. The van der Waals surface area contributed by atoms with Crippen LogP contribution in [0.4, 0.5) is 5.69 Å². The minimum atomic E-state index is -0.118. The lowest BCUT2D eigenvalue weighted by Gasteiger charge is -2.17. The fourth-order valence-corrected chi connectivity index (χ4v) is 2.69. The molecule has 0 spiro atoms. The van der Waals surface area contributed by atoms with Gasteiger partial charge in [-0.15, -0.1) is 0 Å². The maximum Gasteiger partial charge on any atom is 0.238 e. The number of amides is 1. The maximum atomic E-state index is 12.2. The van der Waals surface area contributed by atoms with E-state index in [1.54, 1.807) is 25.3 Å². The van der Waals surface area contributed by atoms with E-state index in [4.69, 9.17) is 21.1 Å². The van der Waals surface area contributed by atoms with E-state index in [-0.39, 0.29) is 12.5 Å². The average Bonchev–Trinajstić information content (AvgIpc) is 2.59. The Hall–Kier alpha value is -2.24. The van der Waals surface area contributed by atoms with Crippen LogP contribution < -0.4 is 14.8 Å². The largest absolute Gasteiger partial charge is 0.495 e. The molecule has 0 aliphatic heterocycles. The highest BCUT2D eigenvalue weighted by atomic mass is 35.5. The molecule has 0 fully saturated rings. The summed E-state index contributed by atoms with van der Waals surface area (Å²) in [6, 6.07) is 13.1. The van der Waals surface area contributed by atoms with Gasteiger partial charge in [0.2, 0.25) is 5.91 Å². The first-order valence-electron chi connectivity index (χ1n) is 8.49. The van der Waals surface area contributed by atoms with E-state index in [2.05, 4.69) is 5.32 Å². The summed E-state index contributed by atoms with van der Waals surface area (Å²) in [7, 11) is 3.46. The van der Waals surface area contributed by atoms with Gasteiger partial charge in [0.1, 0.15) is 11.5 Å². The lowest BCUT2D eigenvalue weighted by atomic mass is 10.2. The Labute approximate surface area is 159 Å². The number of carbonyl (C=O) groups excluding carboxylic acids is 1. The highest BCUT2D eigenvalue weighted by Gasteiger charge is 2.10. The first-order valence-corrected chi connectivity index (χ1v) is 8.87. The van der Waals surface area contributed by atoms with E-state index in [1.807, 2.05) is 43.1 Å². The first-order chi connectivity index (χ1) is 12.5. The topological polar surface area (TPSA) is 50.8 Å². The number of halogens is 1. The molecule has 5 nitrogen and oxygen atoms in total. The molecule has 6 heteroatoms. The number of methoxy groups -OCH3 is 1. The molecule has 2 rings (SSSR count). The number of aryl methyl sites for hydroxylation is 1. The number of rotatable bonds is 9. The molecule has 140 valence electrons. The Bertz CT molecular complexity index is 737. The molecule has 2 aromatic carbocycles. The van der Waals surface area contributed by atoms with Crippen molar-refractivity contribution in [3.8, 4) is 11.5 Å². The lowest BCUT2D eigenvalue weighted by molar-refractivity contribution is -0.117. The Kier molecular flexibility index (Phi) is 7.75. The van der Waals surface area contributed by atoms with Gasteiger partial charge < -0.3 is 14.8 Å². The Morgan fingerprint density at radius 3 is 2.77 bits per heavy atom. The fraction of sp³-hybridized carbons (Fsp3) is 0.350. The van der Waals surface area contributed by atoms with Crippen LogP contribution in [-0.2, 0) is 4.79 Å². The second kappa shape index (κ2) is 10.0. The van der Waals surface area contributed by atoms with Crippen molar-refractivity contribution in [1.82, 2.24) is 4.90 Å². The highest BCUT2D eigenvalue weighted by Crippen LogP contribution is 2.27. The zero-order chi connectivity index (χ0) is 18.9. The molecule has 2 aromatic rings. The van der Waals surface area contributed by atoms with Crippen molar-refractivity contribution in [3.05, 3.63) is 53.1 Å². The number of anilines is 1. The fourth-order valence-electron chi connectivity index (χ4n) is 2.52. The summed E-state index contributed by atoms with van der Waals surface area (Å²) in [4.78, 5) is 14.2. The quantitative estimate of drug-likeness (QED) is 0.672. The SMILES string of the molecule is COc1ccc(Cl)cc1NC(=O)CN(C)CCCOc1cccc(C)c1. The molecule has 0 heterocycles. The van der Waals surface area contributed by atoms with Crippen molar-refractivity contribution < 1.29 is 14.3 Å². The summed E-state index contributed by atoms with van der Waals surface area (Å²) < 4.78 is 11.0. The van der Waals surface area contributed by atoms with E-state index < -0.39 is 0 Å². The minimum absolute atomic E-state index is 0.118. The third kappa shape index (κ3) is 6.58. The van der Waals surface area contributed by atoms with Gasteiger partial charge in [0.25, 0.3) is 0 Å². The van der Waals surface area contributed by atoms with Crippen molar-refractivity contribution >= 4 is 23.2 Å². The molecule has 0 saturated carbocycles. The lowest BCUT2D eigenvalue weighted by Crippen LogP contribution is -2.31. The van der Waals surface area contributed by atoms with Crippen molar-refractivity contribution in [2.75, 3.05) is 39.2 Å². The van der Waals surface area contributed by atoms with Crippen molar-refractivity contribution in [2.45, 2.75) is 13.3 Å². The Morgan fingerprint density at radius 1 is 1.23 bits per heavy atom. The zero-order valence-corrected chi connectivity index (χ0v) is 16.2. The molecule has 0 aliphatic rings. The number of carbonyl (C=O) groups is 1. The van der Waals surface area contributed by atoms with Crippen molar-refractivity contribution in [3.63, 3.8) is 0 Å². The van der Waals surface area contributed by atoms with Crippen LogP contribution in [0, 0.1) is 6.92 Å². The summed E-state index contributed by atoms with van der Waals surface area (Å²) in [5, 5.41) is 3.38.